The van der Waals surface area contributed by atoms with E-state index >= 15 is 0 Å². The fourth-order valence-electron chi connectivity index (χ4n) is 2.17. The molecular formula is C17H19NO. The summed E-state index contributed by atoms with van der Waals surface area (Å²) in [6, 6.07) is 15.8. The molecule has 0 unspecified atom stereocenters. The third kappa shape index (κ3) is 4.25. The molecule has 0 aliphatic rings. The lowest BCUT2D eigenvalue weighted by Gasteiger charge is -2.04. The summed E-state index contributed by atoms with van der Waals surface area (Å²) in [6.07, 6.45) is 1.84. The van der Waals surface area contributed by atoms with Crippen molar-refractivity contribution in [1.29, 1.82) is 0 Å². The van der Waals surface area contributed by atoms with Gasteiger partial charge in [0.15, 0.2) is 0 Å². The molecule has 0 bridgehead atoms. The number of hydrogen-bond acceptors (Lipinski definition) is 2. The first-order valence-electron chi connectivity index (χ1n) is 6.55. The predicted molar refractivity (Wildman–Crippen MR) is 79.1 cm³/mol. The Bertz CT molecular complexity index is 575. The van der Waals surface area contributed by atoms with Crippen LogP contribution in [0.4, 0.5) is 5.69 Å². The molecule has 0 aromatic heterocycles. The van der Waals surface area contributed by atoms with Crippen molar-refractivity contribution in [2.75, 3.05) is 5.73 Å². The maximum Gasteiger partial charge on any atom is 0.137 e. The maximum absolute atomic E-state index is 12.0. The Balaban J connectivity index is 1.88. The lowest BCUT2D eigenvalue weighted by molar-refractivity contribution is -0.118. The minimum absolute atomic E-state index is 0.271. The van der Waals surface area contributed by atoms with Crippen LogP contribution in [0, 0.1) is 6.92 Å². The number of aryl methyl sites for hydroxylation is 2. The van der Waals surface area contributed by atoms with Crippen LogP contribution in [0.25, 0.3) is 0 Å². The molecule has 0 fully saturated rings. The summed E-state index contributed by atoms with van der Waals surface area (Å²) in [5.41, 5.74) is 9.89. The second-order valence-corrected chi connectivity index (χ2v) is 4.95. The molecule has 0 aliphatic carbocycles. The number of hydrogen-bond donors (Lipinski definition) is 1. The molecule has 0 heterocycles. The second-order valence-electron chi connectivity index (χ2n) is 4.95. The number of nitrogen functional groups attached to an aromatic ring is 1. The molecule has 0 saturated carbocycles. The summed E-state index contributed by atoms with van der Waals surface area (Å²) in [5.74, 6) is 0.271. The summed E-state index contributed by atoms with van der Waals surface area (Å²) in [5, 5.41) is 0. The van der Waals surface area contributed by atoms with Gasteiger partial charge in [-0.25, -0.2) is 0 Å². The van der Waals surface area contributed by atoms with Gasteiger partial charge >= 0.3 is 0 Å². The molecular weight excluding hydrogens is 234 g/mol. The summed E-state index contributed by atoms with van der Waals surface area (Å²) in [4.78, 5) is 12.0. The number of anilines is 1. The smallest absolute Gasteiger partial charge is 0.137 e. The van der Waals surface area contributed by atoms with E-state index in [1.165, 1.54) is 5.56 Å². The van der Waals surface area contributed by atoms with Crippen LogP contribution in [0.2, 0.25) is 0 Å². The van der Waals surface area contributed by atoms with Crippen LogP contribution in [0.15, 0.2) is 48.5 Å². The lowest BCUT2D eigenvalue weighted by Crippen LogP contribution is -2.04. The first-order chi connectivity index (χ1) is 9.13. The summed E-state index contributed by atoms with van der Waals surface area (Å²) in [7, 11) is 0. The summed E-state index contributed by atoms with van der Waals surface area (Å²) >= 11 is 0. The highest BCUT2D eigenvalue weighted by Gasteiger charge is 2.05. The highest BCUT2D eigenvalue weighted by atomic mass is 16.1. The maximum atomic E-state index is 12.0. The highest BCUT2D eigenvalue weighted by Crippen LogP contribution is 2.11. The van der Waals surface area contributed by atoms with Crippen LogP contribution < -0.4 is 5.73 Å². The molecule has 2 heteroatoms. The van der Waals surface area contributed by atoms with E-state index in [9.17, 15) is 4.79 Å². The van der Waals surface area contributed by atoms with Gasteiger partial charge in [-0.2, -0.15) is 0 Å². The fraction of sp³-hybridized carbons (Fsp3) is 0.235. The van der Waals surface area contributed by atoms with Gasteiger partial charge in [-0.05, 0) is 36.6 Å². The van der Waals surface area contributed by atoms with Crippen molar-refractivity contribution in [2.45, 2.75) is 26.2 Å². The molecule has 0 radical (unpaired) electrons. The van der Waals surface area contributed by atoms with Crippen molar-refractivity contribution in [3.05, 3.63) is 65.2 Å². The van der Waals surface area contributed by atoms with Crippen LogP contribution in [0.1, 0.15) is 23.1 Å². The average Bonchev–Trinajstić information content (AvgIpc) is 2.36. The van der Waals surface area contributed by atoms with Crippen LogP contribution >= 0.6 is 0 Å². The van der Waals surface area contributed by atoms with Crippen molar-refractivity contribution in [3.63, 3.8) is 0 Å². The van der Waals surface area contributed by atoms with E-state index < -0.39 is 0 Å². The van der Waals surface area contributed by atoms with E-state index in [1.54, 1.807) is 0 Å². The van der Waals surface area contributed by atoms with Gasteiger partial charge in [0, 0.05) is 18.5 Å². The molecule has 0 saturated heterocycles. The second kappa shape index (κ2) is 6.19. The molecule has 19 heavy (non-hydrogen) atoms. The predicted octanol–water partition coefficient (Wildman–Crippen LogP) is 3.32. The Morgan fingerprint density at radius 2 is 1.79 bits per heavy atom. The first kappa shape index (κ1) is 13.3. The largest absolute Gasteiger partial charge is 0.399 e. The number of benzene rings is 2. The Morgan fingerprint density at radius 3 is 2.53 bits per heavy atom. The number of carbonyl (C=O) groups excluding carboxylic acids is 1. The monoisotopic (exact) mass is 253 g/mol. The zero-order valence-electron chi connectivity index (χ0n) is 11.2. The van der Waals surface area contributed by atoms with Gasteiger partial charge in [-0.3, -0.25) is 4.79 Å². The molecule has 2 aromatic rings. The molecule has 2 aromatic carbocycles. The molecule has 2 rings (SSSR count). The molecule has 0 spiro atoms. The van der Waals surface area contributed by atoms with Crippen molar-refractivity contribution in [3.8, 4) is 0 Å². The summed E-state index contributed by atoms with van der Waals surface area (Å²) in [6.45, 7) is 2.04. The van der Waals surface area contributed by atoms with E-state index in [4.69, 9.17) is 5.73 Å². The average molecular weight is 253 g/mol. The topological polar surface area (TPSA) is 43.1 Å². The highest BCUT2D eigenvalue weighted by molar-refractivity contribution is 5.81. The van der Waals surface area contributed by atoms with Gasteiger partial charge in [-0.15, -0.1) is 0 Å². The normalized spacial score (nSPS) is 10.4. The van der Waals surface area contributed by atoms with Crippen molar-refractivity contribution < 1.29 is 4.79 Å². The van der Waals surface area contributed by atoms with Gasteiger partial charge in [0.25, 0.3) is 0 Å². The van der Waals surface area contributed by atoms with E-state index in [1.807, 2.05) is 49.4 Å². The zero-order chi connectivity index (χ0) is 13.7. The molecule has 0 aliphatic heterocycles. The third-order valence-electron chi connectivity index (χ3n) is 3.13. The number of rotatable bonds is 5. The van der Waals surface area contributed by atoms with Crippen molar-refractivity contribution >= 4 is 11.5 Å². The van der Waals surface area contributed by atoms with Gasteiger partial charge in [0.2, 0.25) is 0 Å². The number of nitrogens with two attached hydrogens (primary N) is 1. The quantitative estimate of drug-likeness (QED) is 0.831. The molecule has 98 valence electrons. The van der Waals surface area contributed by atoms with Crippen LogP contribution in [0.5, 0.6) is 0 Å². The summed E-state index contributed by atoms with van der Waals surface area (Å²) < 4.78 is 0. The molecule has 2 N–H and O–H groups in total. The van der Waals surface area contributed by atoms with E-state index in [-0.39, 0.29) is 5.78 Å². The van der Waals surface area contributed by atoms with E-state index in [2.05, 4.69) is 6.07 Å². The zero-order valence-corrected chi connectivity index (χ0v) is 11.2. The van der Waals surface area contributed by atoms with E-state index in [0.717, 1.165) is 23.2 Å². The van der Waals surface area contributed by atoms with Crippen molar-refractivity contribution in [2.24, 2.45) is 0 Å². The van der Waals surface area contributed by atoms with Crippen molar-refractivity contribution in [1.82, 2.24) is 0 Å². The first-order valence-corrected chi connectivity index (χ1v) is 6.55. The minimum Gasteiger partial charge on any atom is -0.399 e. The van der Waals surface area contributed by atoms with Gasteiger partial charge in [0.05, 0.1) is 0 Å². The Kier molecular flexibility index (Phi) is 4.35. The number of ketones is 1. The molecule has 2 nitrogen and oxygen atoms in total. The fourth-order valence-corrected chi connectivity index (χ4v) is 2.17. The van der Waals surface area contributed by atoms with E-state index in [0.29, 0.717) is 12.8 Å². The number of Topliss-reactive ketones (excluding diaryl/α,β-unsaturated/α-hetero) is 1. The Morgan fingerprint density at radius 1 is 1.05 bits per heavy atom. The standard InChI is InChI=1S/C17H19NO/c1-13-4-2-6-15(10-13)12-17(19)9-8-14-5-3-7-16(18)11-14/h2-7,10-11H,8-9,12,18H2,1H3. The van der Waals surface area contributed by atoms with Gasteiger partial charge < -0.3 is 5.73 Å². The van der Waals surface area contributed by atoms with Gasteiger partial charge in [-0.1, -0.05) is 42.0 Å². The molecule has 0 amide bonds. The Labute approximate surface area is 114 Å². The molecule has 0 atom stereocenters. The minimum atomic E-state index is 0.271. The Hall–Kier alpha value is -2.09. The van der Waals surface area contributed by atoms with Crippen LogP contribution in [-0.4, -0.2) is 5.78 Å². The lowest BCUT2D eigenvalue weighted by atomic mass is 10.0. The SMILES string of the molecule is Cc1cccc(CC(=O)CCc2cccc(N)c2)c1. The van der Waals surface area contributed by atoms with Crippen LogP contribution in [0.3, 0.4) is 0 Å². The third-order valence-corrected chi connectivity index (χ3v) is 3.13. The number of carbonyl (C=O) groups is 1. The van der Waals surface area contributed by atoms with Crippen LogP contribution in [-0.2, 0) is 17.6 Å². The van der Waals surface area contributed by atoms with Gasteiger partial charge in [0.1, 0.15) is 5.78 Å².